The van der Waals surface area contributed by atoms with Crippen LogP contribution < -0.4 is 0 Å². The van der Waals surface area contributed by atoms with Crippen LogP contribution in [0.25, 0.3) is 0 Å². The molecule has 2 rings (SSSR count). The number of amides is 1. The zero-order valence-electron chi connectivity index (χ0n) is 11.9. The van der Waals surface area contributed by atoms with Crippen LogP contribution in [0.15, 0.2) is 5.10 Å². The van der Waals surface area contributed by atoms with Crippen LogP contribution in [0.2, 0.25) is 0 Å². The molecule has 0 saturated heterocycles. The lowest BCUT2D eigenvalue weighted by molar-refractivity contribution is -0.143. The molecule has 0 aromatic carbocycles. The third kappa shape index (κ3) is 3.14. The molecule has 106 valence electrons. The van der Waals surface area contributed by atoms with E-state index in [2.05, 4.69) is 12.0 Å². The molecule has 0 spiro atoms. The zero-order valence-corrected chi connectivity index (χ0v) is 11.9. The van der Waals surface area contributed by atoms with Gasteiger partial charge in [-0.15, -0.1) is 0 Å². The highest BCUT2D eigenvalue weighted by molar-refractivity contribution is 6.07. The summed E-state index contributed by atoms with van der Waals surface area (Å²) < 4.78 is 4.89. The quantitative estimate of drug-likeness (QED) is 0.690. The number of rotatable bonds is 6. The van der Waals surface area contributed by atoms with Crippen LogP contribution in [0.5, 0.6) is 0 Å². The van der Waals surface area contributed by atoms with E-state index in [1.807, 2.05) is 6.92 Å². The van der Waals surface area contributed by atoms with Crippen LogP contribution in [0.3, 0.4) is 0 Å². The van der Waals surface area contributed by atoms with Crippen LogP contribution in [0, 0.1) is 11.8 Å². The minimum Gasteiger partial charge on any atom is -0.466 e. The molecule has 1 aliphatic heterocycles. The molecule has 1 fully saturated rings. The van der Waals surface area contributed by atoms with Crippen molar-refractivity contribution in [3.05, 3.63) is 0 Å². The zero-order chi connectivity index (χ0) is 14.0. The van der Waals surface area contributed by atoms with Crippen LogP contribution in [-0.4, -0.2) is 35.2 Å². The third-order valence-electron chi connectivity index (χ3n) is 3.93. The first-order chi connectivity index (χ1) is 9.04. The van der Waals surface area contributed by atoms with E-state index in [1.54, 1.807) is 11.9 Å². The second kappa shape index (κ2) is 5.72. The Kier molecular flexibility index (Phi) is 4.22. The lowest BCUT2D eigenvalue weighted by Gasteiger charge is -2.21. The van der Waals surface area contributed by atoms with E-state index in [0.29, 0.717) is 18.9 Å². The first kappa shape index (κ1) is 14.0. The van der Waals surface area contributed by atoms with Gasteiger partial charge in [0, 0.05) is 12.1 Å². The first-order valence-electron chi connectivity index (χ1n) is 7.08. The highest BCUT2D eigenvalue weighted by Gasteiger charge is 2.41. The Bertz CT molecular complexity index is 401. The van der Waals surface area contributed by atoms with E-state index in [1.165, 1.54) is 12.8 Å². The number of esters is 1. The minimum atomic E-state index is -0.245. The number of ether oxygens (including phenoxy) is 1. The van der Waals surface area contributed by atoms with Crippen LogP contribution in [-0.2, 0) is 14.3 Å². The Balaban J connectivity index is 1.90. The van der Waals surface area contributed by atoms with Gasteiger partial charge in [0.25, 0.3) is 5.91 Å². The Hall–Kier alpha value is -1.39. The Morgan fingerprint density at radius 2 is 2.21 bits per heavy atom. The molecule has 0 N–H and O–H groups in total. The molecule has 19 heavy (non-hydrogen) atoms. The molecule has 0 radical (unpaired) electrons. The van der Waals surface area contributed by atoms with Crippen molar-refractivity contribution in [2.45, 2.75) is 52.5 Å². The lowest BCUT2D eigenvalue weighted by Crippen LogP contribution is -2.35. The monoisotopic (exact) mass is 266 g/mol. The smallest absolute Gasteiger partial charge is 0.305 e. The average Bonchev–Trinajstić information content (AvgIpc) is 3.15. The molecule has 1 aliphatic carbocycles. The molecule has 1 heterocycles. The standard InChI is InChI=1S/C14H22N2O3/c1-4-19-13(17)8-7-12-9(2)15-16(14(12)18)10(3)11-5-6-11/h10-12H,4-8H2,1-3H3. The summed E-state index contributed by atoms with van der Waals surface area (Å²) in [6.45, 7) is 6.09. The van der Waals surface area contributed by atoms with Gasteiger partial charge in [-0.1, -0.05) is 0 Å². The maximum atomic E-state index is 12.3. The fraction of sp³-hybridized carbons (Fsp3) is 0.786. The summed E-state index contributed by atoms with van der Waals surface area (Å²) in [6.07, 6.45) is 3.16. The lowest BCUT2D eigenvalue weighted by atomic mass is 9.98. The predicted molar refractivity (Wildman–Crippen MR) is 71.5 cm³/mol. The first-order valence-corrected chi connectivity index (χ1v) is 7.08. The molecule has 0 bridgehead atoms. The molecular formula is C14H22N2O3. The van der Waals surface area contributed by atoms with Crippen molar-refractivity contribution in [2.24, 2.45) is 16.9 Å². The average molecular weight is 266 g/mol. The summed E-state index contributed by atoms with van der Waals surface area (Å²) in [5.41, 5.74) is 0.821. The van der Waals surface area contributed by atoms with E-state index < -0.39 is 0 Å². The second-order valence-corrected chi connectivity index (χ2v) is 5.40. The Morgan fingerprint density at radius 1 is 1.53 bits per heavy atom. The van der Waals surface area contributed by atoms with Gasteiger partial charge >= 0.3 is 5.97 Å². The van der Waals surface area contributed by atoms with E-state index in [9.17, 15) is 9.59 Å². The topological polar surface area (TPSA) is 59.0 Å². The van der Waals surface area contributed by atoms with Crippen molar-refractivity contribution < 1.29 is 14.3 Å². The van der Waals surface area contributed by atoms with Gasteiger partial charge in [0.1, 0.15) is 0 Å². The van der Waals surface area contributed by atoms with Crippen LogP contribution in [0.1, 0.15) is 46.5 Å². The maximum absolute atomic E-state index is 12.3. The summed E-state index contributed by atoms with van der Waals surface area (Å²) >= 11 is 0. The highest BCUT2D eigenvalue weighted by atomic mass is 16.5. The molecule has 0 aromatic rings. The molecule has 2 aliphatic rings. The van der Waals surface area contributed by atoms with Crippen molar-refractivity contribution in [3.8, 4) is 0 Å². The predicted octanol–water partition coefficient (Wildman–Crippen LogP) is 1.96. The molecular weight excluding hydrogens is 244 g/mol. The summed E-state index contributed by atoms with van der Waals surface area (Å²) in [6, 6.07) is 0.190. The molecule has 1 amide bonds. The van der Waals surface area contributed by atoms with E-state index in [4.69, 9.17) is 4.74 Å². The van der Waals surface area contributed by atoms with Gasteiger partial charge < -0.3 is 4.74 Å². The summed E-state index contributed by atoms with van der Waals surface area (Å²) in [7, 11) is 0. The van der Waals surface area contributed by atoms with Crippen molar-refractivity contribution in [1.82, 2.24) is 5.01 Å². The number of hydrogen-bond donors (Lipinski definition) is 0. The SMILES string of the molecule is CCOC(=O)CCC1C(=O)N(C(C)C2CC2)N=C1C. The van der Waals surface area contributed by atoms with Gasteiger partial charge in [0.15, 0.2) is 0 Å². The van der Waals surface area contributed by atoms with Crippen molar-refractivity contribution >= 4 is 17.6 Å². The number of hydrogen-bond acceptors (Lipinski definition) is 4. The largest absolute Gasteiger partial charge is 0.466 e. The number of hydrazone groups is 1. The molecule has 2 atom stereocenters. The van der Waals surface area contributed by atoms with Crippen LogP contribution >= 0.6 is 0 Å². The van der Waals surface area contributed by atoms with Gasteiger partial charge in [0.2, 0.25) is 0 Å². The normalized spacial score (nSPS) is 24.4. The molecule has 1 saturated carbocycles. The second-order valence-electron chi connectivity index (χ2n) is 5.40. The van der Waals surface area contributed by atoms with Gasteiger partial charge in [-0.25, -0.2) is 5.01 Å². The van der Waals surface area contributed by atoms with Crippen molar-refractivity contribution in [2.75, 3.05) is 6.61 Å². The van der Waals surface area contributed by atoms with E-state index >= 15 is 0 Å². The van der Waals surface area contributed by atoms with E-state index in [-0.39, 0.29) is 30.3 Å². The molecule has 0 aromatic heterocycles. The fourth-order valence-electron chi connectivity index (χ4n) is 2.53. The summed E-state index contributed by atoms with van der Waals surface area (Å²) in [5, 5.41) is 6.01. The van der Waals surface area contributed by atoms with Gasteiger partial charge in [-0.2, -0.15) is 5.10 Å². The summed E-state index contributed by atoms with van der Waals surface area (Å²) in [4.78, 5) is 23.7. The number of carbonyl (C=O) groups excluding carboxylic acids is 2. The summed E-state index contributed by atoms with van der Waals surface area (Å²) in [5.74, 6) is 0.160. The maximum Gasteiger partial charge on any atom is 0.305 e. The minimum absolute atomic E-state index is 0.0428. The Morgan fingerprint density at radius 3 is 2.79 bits per heavy atom. The van der Waals surface area contributed by atoms with Crippen molar-refractivity contribution in [1.29, 1.82) is 0 Å². The third-order valence-corrected chi connectivity index (χ3v) is 3.93. The highest BCUT2D eigenvalue weighted by Crippen LogP contribution is 2.37. The number of carbonyl (C=O) groups is 2. The fourth-order valence-corrected chi connectivity index (χ4v) is 2.53. The van der Waals surface area contributed by atoms with E-state index in [0.717, 1.165) is 5.71 Å². The van der Waals surface area contributed by atoms with Gasteiger partial charge in [-0.3, -0.25) is 9.59 Å². The van der Waals surface area contributed by atoms with Gasteiger partial charge in [-0.05, 0) is 46.0 Å². The molecule has 2 unspecified atom stereocenters. The van der Waals surface area contributed by atoms with Crippen LogP contribution in [0.4, 0.5) is 0 Å². The van der Waals surface area contributed by atoms with Crippen molar-refractivity contribution in [3.63, 3.8) is 0 Å². The van der Waals surface area contributed by atoms with Gasteiger partial charge in [0.05, 0.1) is 18.6 Å². The molecule has 5 nitrogen and oxygen atoms in total. The Labute approximate surface area is 114 Å². The number of nitrogens with zero attached hydrogens (tertiary/aromatic N) is 2. The molecule has 5 heteroatoms.